The van der Waals surface area contributed by atoms with Gasteiger partial charge >= 0.3 is 0 Å². The lowest BCUT2D eigenvalue weighted by atomic mass is 10.0. The molecule has 3 atom stereocenters. The minimum Gasteiger partial charge on any atom is -0.491 e. The fourth-order valence-corrected chi connectivity index (χ4v) is 5.24. The van der Waals surface area contributed by atoms with Crippen molar-refractivity contribution in [2.45, 2.75) is 64.5 Å². The smallest absolute Gasteiger partial charge is 0.257 e. The maximum atomic E-state index is 13.4. The summed E-state index contributed by atoms with van der Waals surface area (Å²) < 4.78 is 12.1. The van der Waals surface area contributed by atoms with Crippen molar-refractivity contribution in [3.63, 3.8) is 0 Å². The van der Waals surface area contributed by atoms with E-state index in [1.54, 1.807) is 18.1 Å². The molecule has 2 amide bonds. The lowest BCUT2D eigenvalue weighted by molar-refractivity contribution is -0.119. The molecule has 3 aliphatic rings. The molecular formula is C27H41N3O4. The summed E-state index contributed by atoms with van der Waals surface area (Å²) in [6, 6.07) is 5.61. The maximum absolute atomic E-state index is 13.4. The number of likely N-dealkylation sites (N-methyl/N-ethyl adjacent to an activating group) is 1. The second-order valence-electron chi connectivity index (χ2n) is 10.7. The number of carbonyl (C=O) groups excluding carboxylic acids is 2. The van der Waals surface area contributed by atoms with Crippen LogP contribution >= 0.6 is 0 Å². The van der Waals surface area contributed by atoms with Gasteiger partial charge in [0.25, 0.3) is 5.91 Å². The molecule has 1 N–H and O–H groups in total. The van der Waals surface area contributed by atoms with Gasteiger partial charge in [-0.15, -0.1) is 0 Å². The molecule has 1 heterocycles. The van der Waals surface area contributed by atoms with Crippen LogP contribution < -0.4 is 10.1 Å². The zero-order valence-electron chi connectivity index (χ0n) is 21.2. The van der Waals surface area contributed by atoms with Gasteiger partial charge in [-0.25, -0.2) is 0 Å². The summed E-state index contributed by atoms with van der Waals surface area (Å²) in [7, 11) is 3.55. The van der Waals surface area contributed by atoms with Crippen molar-refractivity contribution in [3.8, 4) is 5.75 Å². The molecule has 188 valence electrons. The second kappa shape index (κ2) is 11.1. The van der Waals surface area contributed by atoms with Crippen molar-refractivity contribution in [1.82, 2.24) is 9.80 Å². The van der Waals surface area contributed by atoms with E-state index in [4.69, 9.17) is 9.47 Å². The van der Waals surface area contributed by atoms with E-state index >= 15 is 0 Å². The normalized spacial score (nSPS) is 27.5. The van der Waals surface area contributed by atoms with Gasteiger partial charge in [0, 0.05) is 57.5 Å². The summed E-state index contributed by atoms with van der Waals surface area (Å²) in [5.74, 6) is 1.64. The van der Waals surface area contributed by atoms with Crippen LogP contribution in [0.3, 0.4) is 0 Å². The SMILES string of the molecule is CO[C@H]1CN(C)C(=O)c2ccc(NC(=O)C3CCCC3)cc2OC[C@H](C)N(CC2CC2)C[C@@H]1C. The maximum Gasteiger partial charge on any atom is 0.257 e. The Hall–Kier alpha value is -2.12. The van der Waals surface area contributed by atoms with Gasteiger partial charge in [-0.2, -0.15) is 0 Å². The average Bonchev–Trinajstić information content (AvgIpc) is 3.47. The van der Waals surface area contributed by atoms with Gasteiger partial charge < -0.3 is 19.7 Å². The van der Waals surface area contributed by atoms with Crippen molar-refractivity contribution < 1.29 is 19.1 Å². The van der Waals surface area contributed by atoms with Gasteiger partial charge in [-0.05, 0) is 56.6 Å². The van der Waals surface area contributed by atoms with Gasteiger partial charge in [0.1, 0.15) is 12.4 Å². The third-order valence-corrected chi connectivity index (χ3v) is 7.76. The molecule has 2 fully saturated rings. The number of nitrogens with one attached hydrogen (secondary N) is 1. The molecule has 0 bridgehead atoms. The van der Waals surface area contributed by atoms with Crippen LogP contribution in [0, 0.1) is 17.8 Å². The van der Waals surface area contributed by atoms with E-state index in [0.717, 1.165) is 44.7 Å². The van der Waals surface area contributed by atoms with Crippen LogP contribution in [-0.4, -0.2) is 74.2 Å². The highest BCUT2D eigenvalue weighted by atomic mass is 16.5. The molecule has 34 heavy (non-hydrogen) atoms. The first-order chi connectivity index (χ1) is 16.4. The molecule has 0 radical (unpaired) electrons. The van der Waals surface area contributed by atoms with E-state index in [2.05, 4.69) is 24.1 Å². The van der Waals surface area contributed by atoms with Crippen LogP contribution in [0.2, 0.25) is 0 Å². The van der Waals surface area contributed by atoms with E-state index in [1.807, 2.05) is 19.2 Å². The summed E-state index contributed by atoms with van der Waals surface area (Å²) in [4.78, 5) is 30.3. The van der Waals surface area contributed by atoms with Crippen molar-refractivity contribution in [2.24, 2.45) is 17.8 Å². The molecule has 0 aromatic heterocycles. The number of carbonyl (C=O) groups is 2. The van der Waals surface area contributed by atoms with Gasteiger partial charge in [0.15, 0.2) is 0 Å². The molecule has 1 aliphatic heterocycles. The van der Waals surface area contributed by atoms with Crippen molar-refractivity contribution in [1.29, 1.82) is 0 Å². The first-order valence-electron chi connectivity index (χ1n) is 13.0. The number of hydrogen-bond acceptors (Lipinski definition) is 5. The highest BCUT2D eigenvalue weighted by molar-refractivity contribution is 5.98. The number of anilines is 1. The van der Waals surface area contributed by atoms with Crippen molar-refractivity contribution >= 4 is 17.5 Å². The Labute approximate surface area is 204 Å². The van der Waals surface area contributed by atoms with Crippen LogP contribution in [0.1, 0.15) is 62.7 Å². The number of hydrogen-bond donors (Lipinski definition) is 1. The molecule has 2 saturated carbocycles. The minimum absolute atomic E-state index is 0.0448. The van der Waals surface area contributed by atoms with Gasteiger partial charge in [-0.1, -0.05) is 19.8 Å². The highest BCUT2D eigenvalue weighted by Gasteiger charge is 2.32. The number of nitrogens with zero attached hydrogens (tertiary/aromatic N) is 2. The monoisotopic (exact) mass is 471 g/mol. The number of amides is 2. The van der Waals surface area contributed by atoms with Crippen LogP contribution in [0.4, 0.5) is 5.69 Å². The molecule has 0 saturated heterocycles. The van der Waals surface area contributed by atoms with Gasteiger partial charge in [0.2, 0.25) is 5.91 Å². The van der Waals surface area contributed by atoms with Crippen LogP contribution in [0.15, 0.2) is 18.2 Å². The zero-order chi connectivity index (χ0) is 24.2. The minimum atomic E-state index is -0.0963. The van der Waals surface area contributed by atoms with Crippen LogP contribution in [-0.2, 0) is 9.53 Å². The summed E-state index contributed by atoms with van der Waals surface area (Å²) in [6.45, 7) is 7.39. The lowest BCUT2D eigenvalue weighted by Gasteiger charge is -2.36. The van der Waals surface area contributed by atoms with E-state index in [1.165, 1.54) is 12.8 Å². The summed E-state index contributed by atoms with van der Waals surface area (Å²) >= 11 is 0. The lowest BCUT2D eigenvalue weighted by Crippen LogP contribution is -2.47. The second-order valence-corrected chi connectivity index (χ2v) is 10.7. The van der Waals surface area contributed by atoms with E-state index < -0.39 is 0 Å². The molecule has 1 aromatic carbocycles. The molecule has 7 heteroatoms. The Balaban J connectivity index is 1.58. The highest BCUT2D eigenvalue weighted by Crippen LogP contribution is 2.32. The molecule has 0 unspecified atom stereocenters. The predicted octanol–water partition coefficient (Wildman–Crippen LogP) is 4.03. The molecule has 1 aromatic rings. The zero-order valence-corrected chi connectivity index (χ0v) is 21.2. The first kappa shape index (κ1) is 25.0. The number of rotatable bonds is 5. The quantitative estimate of drug-likeness (QED) is 0.702. The fraction of sp³-hybridized carbons (Fsp3) is 0.704. The predicted molar refractivity (Wildman–Crippen MR) is 133 cm³/mol. The third kappa shape index (κ3) is 6.11. The van der Waals surface area contributed by atoms with Crippen LogP contribution in [0.25, 0.3) is 0 Å². The summed E-state index contributed by atoms with van der Waals surface area (Å²) in [5.41, 5.74) is 1.20. The first-order valence-corrected chi connectivity index (χ1v) is 13.0. The Kier molecular flexibility index (Phi) is 8.14. The van der Waals surface area contributed by atoms with Crippen LogP contribution in [0.5, 0.6) is 5.75 Å². The van der Waals surface area contributed by atoms with Gasteiger partial charge in [-0.3, -0.25) is 14.5 Å². The third-order valence-electron chi connectivity index (χ3n) is 7.76. The number of ether oxygens (including phenoxy) is 2. The standard InChI is InChI=1S/C27H41N3O4/c1-18-14-30(15-20-9-10-20)19(2)17-34-24-13-22(28-26(31)21-7-5-6-8-21)11-12-23(24)27(32)29(3)16-25(18)33-4/h11-13,18-21,25H,5-10,14-17H2,1-4H3,(H,28,31)/t18-,19-,25-/m0/s1. The topological polar surface area (TPSA) is 71.1 Å². The Morgan fingerprint density at radius 3 is 2.56 bits per heavy atom. The van der Waals surface area contributed by atoms with E-state index in [0.29, 0.717) is 30.2 Å². The number of methoxy groups -OCH3 is 1. The Bertz CT molecular complexity index is 865. The molecule has 2 aliphatic carbocycles. The van der Waals surface area contributed by atoms with Crippen molar-refractivity contribution in [3.05, 3.63) is 23.8 Å². The Morgan fingerprint density at radius 1 is 1.15 bits per heavy atom. The molecule has 0 spiro atoms. The average molecular weight is 472 g/mol. The van der Waals surface area contributed by atoms with E-state index in [9.17, 15) is 9.59 Å². The van der Waals surface area contributed by atoms with E-state index in [-0.39, 0.29) is 35.8 Å². The van der Waals surface area contributed by atoms with Gasteiger partial charge in [0.05, 0.1) is 11.7 Å². The molecular weight excluding hydrogens is 430 g/mol. The Morgan fingerprint density at radius 2 is 1.88 bits per heavy atom. The molecule has 7 nitrogen and oxygen atoms in total. The summed E-state index contributed by atoms with van der Waals surface area (Å²) in [5, 5.41) is 3.05. The number of fused-ring (bicyclic) bond motifs is 1. The largest absolute Gasteiger partial charge is 0.491 e. The fourth-order valence-electron chi connectivity index (χ4n) is 5.24. The number of benzene rings is 1. The summed E-state index contributed by atoms with van der Waals surface area (Å²) in [6.07, 6.45) is 6.68. The molecule has 4 rings (SSSR count). The van der Waals surface area contributed by atoms with Crippen molar-refractivity contribution in [2.75, 3.05) is 45.7 Å².